The molecule has 0 aromatic heterocycles. The minimum atomic E-state index is -0.607. The predicted molar refractivity (Wildman–Crippen MR) is 73.0 cm³/mol. The molecule has 94 valence electrons. The molecule has 2 rings (SSSR count). The average Bonchev–Trinajstić information content (AvgIpc) is 2.33. The van der Waals surface area contributed by atoms with Crippen LogP contribution < -0.4 is 5.73 Å². The molecule has 1 unspecified atom stereocenters. The molecular weight excluding hydrogens is 225 g/mol. The molecule has 2 N–H and O–H groups in total. The smallest absolute Gasteiger partial charge is 0.126 e. The first kappa shape index (κ1) is 12.8. The van der Waals surface area contributed by atoms with Crippen LogP contribution in [0.5, 0.6) is 0 Å². The fourth-order valence-electron chi connectivity index (χ4n) is 2.28. The molecule has 2 aromatic carbocycles. The minimum absolute atomic E-state index is 0.195. The quantitative estimate of drug-likeness (QED) is 0.855. The summed E-state index contributed by atoms with van der Waals surface area (Å²) >= 11 is 0. The van der Waals surface area contributed by atoms with Gasteiger partial charge in [0.2, 0.25) is 0 Å². The monoisotopic (exact) mass is 243 g/mol. The molecule has 0 heterocycles. The zero-order valence-electron chi connectivity index (χ0n) is 11.0. The van der Waals surface area contributed by atoms with Crippen LogP contribution in [0.15, 0.2) is 42.5 Å². The Kier molecular flexibility index (Phi) is 3.22. The van der Waals surface area contributed by atoms with E-state index in [1.165, 1.54) is 6.07 Å². The van der Waals surface area contributed by atoms with Crippen LogP contribution >= 0.6 is 0 Å². The normalized spacial score (nSPS) is 14.3. The molecule has 0 aliphatic carbocycles. The van der Waals surface area contributed by atoms with E-state index >= 15 is 0 Å². The van der Waals surface area contributed by atoms with Crippen molar-refractivity contribution in [3.05, 3.63) is 70.5 Å². The van der Waals surface area contributed by atoms with E-state index in [2.05, 4.69) is 0 Å². The summed E-state index contributed by atoms with van der Waals surface area (Å²) in [5, 5.41) is 0. The van der Waals surface area contributed by atoms with E-state index in [0.29, 0.717) is 5.56 Å². The molecule has 18 heavy (non-hydrogen) atoms. The van der Waals surface area contributed by atoms with E-state index in [4.69, 9.17) is 5.73 Å². The molecule has 1 atom stereocenters. The van der Waals surface area contributed by atoms with Crippen molar-refractivity contribution in [2.75, 3.05) is 0 Å². The maximum atomic E-state index is 13.3. The summed E-state index contributed by atoms with van der Waals surface area (Å²) in [7, 11) is 0. The maximum absolute atomic E-state index is 13.3. The molecule has 0 bridgehead atoms. The Hall–Kier alpha value is -1.67. The molecule has 0 aliphatic heterocycles. The zero-order valence-corrected chi connectivity index (χ0v) is 11.0. The van der Waals surface area contributed by atoms with Crippen molar-refractivity contribution in [3.63, 3.8) is 0 Å². The predicted octanol–water partition coefficient (Wildman–Crippen LogP) is 3.66. The van der Waals surface area contributed by atoms with Crippen molar-refractivity contribution in [3.8, 4) is 0 Å². The Morgan fingerprint density at radius 1 is 1.00 bits per heavy atom. The molecule has 0 radical (unpaired) electrons. The molecule has 1 nitrogen and oxygen atoms in total. The van der Waals surface area contributed by atoms with Gasteiger partial charge >= 0.3 is 0 Å². The van der Waals surface area contributed by atoms with Crippen molar-refractivity contribution >= 4 is 0 Å². The lowest BCUT2D eigenvalue weighted by molar-refractivity contribution is 0.586. The summed E-state index contributed by atoms with van der Waals surface area (Å²) in [5.41, 5.74) is 9.61. The van der Waals surface area contributed by atoms with E-state index < -0.39 is 5.54 Å². The highest BCUT2D eigenvalue weighted by atomic mass is 19.1. The lowest BCUT2D eigenvalue weighted by atomic mass is 9.83. The van der Waals surface area contributed by atoms with Gasteiger partial charge in [0.25, 0.3) is 0 Å². The summed E-state index contributed by atoms with van der Waals surface area (Å²) in [5.74, 6) is -0.195. The fourth-order valence-corrected chi connectivity index (χ4v) is 2.28. The number of nitrogens with two attached hydrogens (primary N) is 1. The highest BCUT2D eigenvalue weighted by molar-refractivity contribution is 5.42. The van der Waals surface area contributed by atoms with Gasteiger partial charge in [-0.25, -0.2) is 4.39 Å². The Labute approximate surface area is 107 Å². The third-order valence-corrected chi connectivity index (χ3v) is 3.46. The second-order valence-corrected chi connectivity index (χ2v) is 4.98. The summed E-state index contributed by atoms with van der Waals surface area (Å²) < 4.78 is 13.3. The van der Waals surface area contributed by atoms with Crippen LogP contribution in [0.3, 0.4) is 0 Å². The molecule has 2 aromatic rings. The molecule has 0 saturated carbocycles. The van der Waals surface area contributed by atoms with Crippen molar-refractivity contribution in [1.82, 2.24) is 0 Å². The lowest BCUT2D eigenvalue weighted by Gasteiger charge is -2.28. The summed E-state index contributed by atoms with van der Waals surface area (Å²) in [6, 6.07) is 13.1. The van der Waals surface area contributed by atoms with E-state index in [0.717, 1.165) is 16.7 Å². The molecule has 0 fully saturated rings. The Morgan fingerprint density at radius 3 is 2.28 bits per heavy atom. The Morgan fingerprint density at radius 2 is 1.67 bits per heavy atom. The largest absolute Gasteiger partial charge is 0.318 e. The summed E-state index contributed by atoms with van der Waals surface area (Å²) in [4.78, 5) is 0. The lowest BCUT2D eigenvalue weighted by Crippen LogP contribution is -2.35. The van der Waals surface area contributed by atoms with Gasteiger partial charge in [-0.3, -0.25) is 0 Å². The van der Waals surface area contributed by atoms with Gasteiger partial charge in [0.15, 0.2) is 0 Å². The highest BCUT2D eigenvalue weighted by Crippen LogP contribution is 2.29. The fraction of sp³-hybridized carbons (Fsp3) is 0.250. The van der Waals surface area contributed by atoms with E-state index in [1.807, 2.05) is 44.2 Å². The van der Waals surface area contributed by atoms with Crippen LogP contribution in [0, 0.1) is 19.7 Å². The van der Waals surface area contributed by atoms with Crippen LogP contribution in [0.4, 0.5) is 4.39 Å². The van der Waals surface area contributed by atoms with Gasteiger partial charge < -0.3 is 5.73 Å². The summed E-state index contributed by atoms with van der Waals surface area (Å²) in [6.07, 6.45) is 0. The molecule has 0 spiro atoms. The van der Waals surface area contributed by atoms with Gasteiger partial charge in [-0.2, -0.15) is 0 Å². The maximum Gasteiger partial charge on any atom is 0.126 e. The first-order valence-corrected chi connectivity index (χ1v) is 6.04. The molecule has 0 aliphatic rings. The van der Waals surface area contributed by atoms with Crippen LogP contribution in [0.25, 0.3) is 0 Å². The van der Waals surface area contributed by atoms with Gasteiger partial charge in [-0.1, -0.05) is 36.4 Å². The average molecular weight is 243 g/mol. The van der Waals surface area contributed by atoms with Gasteiger partial charge in [-0.15, -0.1) is 0 Å². The second-order valence-electron chi connectivity index (χ2n) is 4.98. The van der Waals surface area contributed by atoms with Crippen LogP contribution in [-0.4, -0.2) is 0 Å². The van der Waals surface area contributed by atoms with Crippen molar-refractivity contribution in [1.29, 1.82) is 0 Å². The highest BCUT2D eigenvalue weighted by Gasteiger charge is 2.25. The van der Waals surface area contributed by atoms with Crippen molar-refractivity contribution in [2.24, 2.45) is 5.73 Å². The SMILES string of the molecule is Cc1cc(C(C)(N)c2ccccc2C)ccc1F. The molecule has 0 amide bonds. The minimum Gasteiger partial charge on any atom is -0.318 e. The Balaban J connectivity index is 2.54. The molecule has 2 heteroatoms. The molecule has 0 saturated heterocycles. The van der Waals surface area contributed by atoms with Gasteiger partial charge in [0.05, 0.1) is 5.54 Å². The van der Waals surface area contributed by atoms with Crippen LogP contribution in [0.2, 0.25) is 0 Å². The van der Waals surface area contributed by atoms with Crippen LogP contribution in [0.1, 0.15) is 29.2 Å². The third-order valence-electron chi connectivity index (χ3n) is 3.46. The number of aryl methyl sites for hydroxylation is 2. The van der Waals surface area contributed by atoms with E-state index in [1.54, 1.807) is 13.0 Å². The molecular formula is C16H18FN. The number of benzene rings is 2. The van der Waals surface area contributed by atoms with Gasteiger partial charge in [-0.05, 0) is 49.1 Å². The van der Waals surface area contributed by atoms with Gasteiger partial charge in [0.1, 0.15) is 5.82 Å². The standard InChI is InChI=1S/C16H18FN/c1-11-6-4-5-7-14(11)16(3,18)13-8-9-15(17)12(2)10-13/h4-10H,18H2,1-3H3. The number of rotatable bonds is 2. The van der Waals surface area contributed by atoms with Gasteiger partial charge in [0, 0.05) is 0 Å². The number of hydrogen-bond acceptors (Lipinski definition) is 1. The number of hydrogen-bond donors (Lipinski definition) is 1. The van der Waals surface area contributed by atoms with E-state index in [-0.39, 0.29) is 5.82 Å². The van der Waals surface area contributed by atoms with E-state index in [9.17, 15) is 4.39 Å². The number of halogens is 1. The third kappa shape index (κ3) is 2.16. The summed E-state index contributed by atoms with van der Waals surface area (Å²) in [6.45, 7) is 5.76. The topological polar surface area (TPSA) is 26.0 Å². The van der Waals surface area contributed by atoms with Crippen LogP contribution in [-0.2, 0) is 5.54 Å². The second kappa shape index (κ2) is 4.54. The first-order valence-electron chi connectivity index (χ1n) is 6.04. The first-order chi connectivity index (χ1) is 8.43. The van der Waals surface area contributed by atoms with Crippen molar-refractivity contribution in [2.45, 2.75) is 26.3 Å². The zero-order chi connectivity index (χ0) is 13.3. The van der Waals surface area contributed by atoms with Crippen molar-refractivity contribution < 1.29 is 4.39 Å². The Bertz CT molecular complexity index is 573.